The van der Waals surface area contributed by atoms with Crippen LogP contribution in [0.4, 0.5) is 13.2 Å². The molecule has 0 aliphatic heterocycles. The number of alkyl halides is 3. The van der Waals surface area contributed by atoms with E-state index in [1.807, 2.05) is 38.1 Å². The summed E-state index contributed by atoms with van der Waals surface area (Å²) in [7, 11) is 0. The minimum Gasteiger partial charge on any atom is -0.457 e. The van der Waals surface area contributed by atoms with Gasteiger partial charge in [0.2, 0.25) is 0 Å². The Labute approximate surface area is 250 Å². The molecule has 43 heavy (non-hydrogen) atoms. The van der Waals surface area contributed by atoms with Gasteiger partial charge in [-0.1, -0.05) is 47.5 Å². The molecule has 10 heteroatoms. The number of amides is 2. The number of hydrogen-bond acceptors (Lipinski definition) is 3. The summed E-state index contributed by atoms with van der Waals surface area (Å²) < 4.78 is 45.6. The predicted octanol–water partition coefficient (Wildman–Crippen LogP) is 7.85. The van der Waals surface area contributed by atoms with Gasteiger partial charge >= 0.3 is 6.18 Å². The monoisotopic (exact) mass is 605 g/mol. The zero-order valence-corrected chi connectivity index (χ0v) is 24.0. The van der Waals surface area contributed by atoms with Crippen molar-refractivity contribution in [3.05, 3.63) is 123 Å². The number of benzene rings is 3. The second kappa shape index (κ2) is 12.2. The van der Waals surface area contributed by atoms with Crippen molar-refractivity contribution in [1.82, 2.24) is 15.6 Å². The fourth-order valence-electron chi connectivity index (χ4n) is 4.72. The van der Waals surface area contributed by atoms with Crippen molar-refractivity contribution in [2.75, 3.05) is 6.54 Å². The number of aryl methyl sites for hydroxylation is 2. The summed E-state index contributed by atoms with van der Waals surface area (Å²) in [5.41, 5.74) is 3.44. The quantitative estimate of drug-likeness (QED) is 0.157. The topological polar surface area (TPSA) is 87.1 Å². The summed E-state index contributed by atoms with van der Waals surface area (Å²) in [4.78, 5) is 29.7. The van der Waals surface area contributed by atoms with Crippen LogP contribution in [0.3, 0.4) is 0 Å². The minimum absolute atomic E-state index is 0.0416. The standard InChI is InChI=1S/C33H27ClF3N3O3/c1-19-7-9-21(10-8-19)31(41)40-29(32(42)38-16-15-24-20(2)39-28-6-4-3-5-25(24)28)18-23-12-14-30(43-23)26-17-22(33(35,36)37)11-13-27(26)34/h3-14,17-18,39H,15-16H2,1-2H3,(H,38,42)(H,40,41)/b29-18+. The van der Waals surface area contributed by atoms with Gasteiger partial charge in [-0.05, 0) is 74.4 Å². The molecule has 0 unspecified atom stereocenters. The zero-order valence-electron chi connectivity index (χ0n) is 23.2. The highest BCUT2D eigenvalue weighted by Gasteiger charge is 2.31. The zero-order chi connectivity index (χ0) is 30.7. The van der Waals surface area contributed by atoms with Crippen LogP contribution in [0.5, 0.6) is 0 Å². The molecule has 0 saturated carbocycles. The van der Waals surface area contributed by atoms with Gasteiger partial charge in [0.25, 0.3) is 11.8 Å². The summed E-state index contributed by atoms with van der Waals surface area (Å²) in [5, 5.41) is 6.62. The number of halogens is 4. The van der Waals surface area contributed by atoms with E-state index in [1.165, 1.54) is 18.2 Å². The van der Waals surface area contributed by atoms with Gasteiger partial charge < -0.3 is 20.0 Å². The molecule has 3 aromatic carbocycles. The number of furan rings is 1. The molecule has 2 aromatic heterocycles. The predicted molar refractivity (Wildman–Crippen MR) is 161 cm³/mol. The maximum atomic E-state index is 13.3. The van der Waals surface area contributed by atoms with E-state index < -0.39 is 23.6 Å². The molecule has 0 bridgehead atoms. The normalized spacial score (nSPS) is 12.0. The molecule has 220 valence electrons. The van der Waals surface area contributed by atoms with Crippen LogP contribution in [-0.4, -0.2) is 23.3 Å². The van der Waals surface area contributed by atoms with Gasteiger partial charge in [-0.3, -0.25) is 9.59 Å². The first kappa shape index (κ1) is 29.7. The van der Waals surface area contributed by atoms with E-state index in [4.69, 9.17) is 16.0 Å². The Morgan fingerprint density at radius 2 is 1.72 bits per heavy atom. The Balaban J connectivity index is 1.40. The number of aromatic nitrogens is 1. The number of aromatic amines is 1. The fraction of sp³-hybridized carbons (Fsp3) is 0.152. The van der Waals surface area contributed by atoms with Crippen LogP contribution < -0.4 is 10.6 Å². The molecular formula is C33H27ClF3N3O3. The van der Waals surface area contributed by atoms with Crippen molar-refractivity contribution >= 4 is 40.4 Å². The lowest BCUT2D eigenvalue weighted by atomic mass is 10.1. The van der Waals surface area contributed by atoms with Crippen molar-refractivity contribution in [2.45, 2.75) is 26.4 Å². The molecule has 0 spiro atoms. The first-order valence-corrected chi connectivity index (χ1v) is 13.8. The average Bonchev–Trinajstić information content (AvgIpc) is 3.56. The van der Waals surface area contributed by atoms with E-state index in [9.17, 15) is 22.8 Å². The van der Waals surface area contributed by atoms with Gasteiger partial charge in [-0.15, -0.1) is 0 Å². The SMILES string of the molecule is Cc1ccc(C(=O)N/C(=C/c2ccc(-c3cc(C(F)(F)F)ccc3Cl)o2)C(=O)NCCc2c(C)[nH]c3ccccc23)cc1. The Hall–Kier alpha value is -4.76. The van der Waals surface area contributed by atoms with Crippen molar-refractivity contribution in [1.29, 1.82) is 0 Å². The third-order valence-electron chi connectivity index (χ3n) is 6.97. The molecule has 0 fully saturated rings. The molecule has 5 rings (SSSR count). The summed E-state index contributed by atoms with van der Waals surface area (Å²) in [6.45, 7) is 4.14. The van der Waals surface area contributed by atoms with Crippen LogP contribution in [-0.2, 0) is 17.4 Å². The van der Waals surface area contributed by atoms with Crippen LogP contribution in [0, 0.1) is 13.8 Å². The number of fused-ring (bicyclic) bond motifs is 1. The van der Waals surface area contributed by atoms with Crippen LogP contribution in [0.25, 0.3) is 28.3 Å². The number of hydrogen-bond donors (Lipinski definition) is 3. The summed E-state index contributed by atoms with van der Waals surface area (Å²) in [6, 6.07) is 20.6. The first-order valence-electron chi connectivity index (χ1n) is 13.4. The third-order valence-corrected chi connectivity index (χ3v) is 7.30. The minimum atomic E-state index is -4.56. The fourth-order valence-corrected chi connectivity index (χ4v) is 4.93. The molecule has 0 radical (unpaired) electrons. The lowest BCUT2D eigenvalue weighted by molar-refractivity contribution is -0.137. The lowest BCUT2D eigenvalue weighted by Crippen LogP contribution is -2.35. The maximum Gasteiger partial charge on any atom is 0.416 e. The Kier molecular flexibility index (Phi) is 8.45. The van der Waals surface area contributed by atoms with E-state index in [-0.39, 0.29) is 34.3 Å². The molecule has 0 aliphatic carbocycles. The molecule has 0 saturated heterocycles. The lowest BCUT2D eigenvalue weighted by Gasteiger charge is -2.11. The maximum absolute atomic E-state index is 13.3. The largest absolute Gasteiger partial charge is 0.457 e. The molecule has 0 atom stereocenters. The van der Waals surface area contributed by atoms with Crippen LogP contribution in [0.1, 0.15) is 38.5 Å². The number of para-hydroxylation sites is 1. The molecule has 5 aromatic rings. The van der Waals surface area contributed by atoms with Gasteiger partial charge in [-0.25, -0.2) is 0 Å². The van der Waals surface area contributed by atoms with E-state index >= 15 is 0 Å². The molecule has 3 N–H and O–H groups in total. The van der Waals surface area contributed by atoms with Gasteiger partial charge in [0.05, 0.1) is 10.6 Å². The van der Waals surface area contributed by atoms with E-state index in [0.717, 1.165) is 45.9 Å². The second-order valence-electron chi connectivity index (χ2n) is 10.1. The van der Waals surface area contributed by atoms with Crippen LogP contribution in [0.15, 0.2) is 89.0 Å². The second-order valence-corrected chi connectivity index (χ2v) is 10.5. The molecule has 2 amide bonds. The van der Waals surface area contributed by atoms with Gasteiger partial charge in [0.1, 0.15) is 17.2 Å². The van der Waals surface area contributed by atoms with Gasteiger partial charge in [0, 0.05) is 40.3 Å². The Bertz CT molecular complexity index is 1840. The van der Waals surface area contributed by atoms with Crippen molar-refractivity contribution in [3.63, 3.8) is 0 Å². The average molecular weight is 606 g/mol. The van der Waals surface area contributed by atoms with E-state index in [0.29, 0.717) is 12.0 Å². The Morgan fingerprint density at radius 3 is 2.47 bits per heavy atom. The molecule has 6 nitrogen and oxygen atoms in total. The summed E-state index contributed by atoms with van der Waals surface area (Å²) >= 11 is 6.17. The molecular weight excluding hydrogens is 579 g/mol. The highest BCUT2D eigenvalue weighted by atomic mass is 35.5. The number of nitrogens with one attached hydrogen (secondary N) is 3. The Morgan fingerprint density at radius 1 is 0.977 bits per heavy atom. The van der Waals surface area contributed by atoms with Crippen LogP contribution >= 0.6 is 11.6 Å². The first-order chi connectivity index (χ1) is 20.5. The van der Waals surface area contributed by atoms with Crippen LogP contribution in [0.2, 0.25) is 5.02 Å². The number of carbonyl (C=O) groups excluding carboxylic acids is 2. The van der Waals surface area contributed by atoms with E-state index in [1.54, 1.807) is 24.3 Å². The molecule has 2 heterocycles. The smallest absolute Gasteiger partial charge is 0.416 e. The highest BCUT2D eigenvalue weighted by Crippen LogP contribution is 2.36. The van der Waals surface area contributed by atoms with Gasteiger partial charge in [-0.2, -0.15) is 13.2 Å². The molecule has 0 aliphatic rings. The van der Waals surface area contributed by atoms with Crippen molar-refractivity contribution in [3.8, 4) is 11.3 Å². The highest BCUT2D eigenvalue weighted by molar-refractivity contribution is 6.33. The summed E-state index contributed by atoms with van der Waals surface area (Å²) in [6.07, 6.45) is -2.70. The number of H-pyrrole nitrogens is 1. The van der Waals surface area contributed by atoms with Gasteiger partial charge in [0.15, 0.2) is 0 Å². The van der Waals surface area contributed by atoms with Crippen molar-refractivity contribution in [2.24, 2.45) is 0 Å². The van der Waals surface area contributed by atoms with Crippen molar-refractivity contribution < 1.29 is 27.2 Å². The summed E-state index contributed by atoms with van der Waals surface area (Å²) in [5.74, 6) is -0.873. The third kappa shape index (κ3) is 6.84. The van der Waals surface area contributed by atoms with E-state index in [2.05, 4.69) is 15.6 Å². The number of rotatable bonds is 8. The number of carbonyl (C=O) groups is 2.